The quantitative estimate of drug-likeness (QED) is 0.650. The Hall–Kier alpha value is -2.36. The van der Waals surface area contributed by atoms with E-state index in [0.717, 1.165) is 34.8 Å². The lowest BCUT2D eigenvalue weighted by Crippen LogP contribution is -2.55. The van der Waals surface area contributed by atoms with Crippen molar-refractivity contribution in [2.45, 2.75) is 43.7 Å². The lowest BCUT2D eigenvalue weighted by Gasteiger charge is -2.37. The number of sulfonamides is 1. The van der Waals surface area contributed by atoms with Gasteiger partial charge in [-0.25, -0.2) is 17.2 Å². The second-order valence-corrected chi connectivity index (χ2v) is 9.86. The van der Waals surface area contributed by atoms with Crippen LogP contribution >= 0.6 is 0 Å². The highest BCUT2D eigenvalue weighted by Gasteiger charge is 2.33. The third-order valence-electron chi connectivity index (χ3n) is 5.81. The summed E-state index contributed by atoms with van der Waals surface area (Å²) in [5.74, 6) is -1.92. The first-order valence-corrected chi connectivity index (χ1v) is 12.2. The fourth-order valence-electron chi connectivity index (χ4n) is 3.90. The van der Waals surface area contributed by atoms with Gasteiger partial charge in [-0.05, 0) is 37.1 Å². The summed E-state index contributed by atoms with van der Waals surface area (Å²) in [7, 11) is -4.16. The molecule has 0 aromatic heterocycles. The lowest BCUT2D eigenvalue weighted by molar-refractivity contribution is -0.127. The molecular formula is C23H29F2N3O3S. The van der Waals surface area contributed by atoms with Crippen molar-refractivity contribution in [3.63, 3.8) is 0 Å². The Morgan fingerprint density at radius 2 is 1.72 bits per heavy atom. The van der Waals surface area contributed by atoms with Crippen molar-refractivity contribution in [1.82, 2.24) is 14.5 Å². The highest BCUT2D eigenvalue weighted by molar-refractivity contribution is 7.89. The molecule has 1 N–H and O–H groups in total. The van der Waals surface area contributed by atoms with E-state index < -0.39 is 32.6 Å². The van der Waals surface area contributed by atoms with E-state index in [-0.39, 0.29) is 25.0 Å². The van der Waals surface area contributed by atoms with Crippen LogP contribution in [0.2, 0.25) is 0 Å². The molecule has 0 spiro atoms. The Bertz CT molecular complexity index is 1030. The molecule has 0 bridgehead atoms. The first-order valence-electron chi connectivity index (χ1n) is 10.8. The van der Waals surface area contributed by atoms with E-state index in [1.165, 1.54) is 0 Å². The Morgan fingerprint density at radius 3 is 2.34 bits per heavy atom. The van der Waals surface area contributed by atoms with Crippen LogP contribution in [0.15, 0.2) is 53.4 Å². The number of halogens is 2. The normalized spacial score (nSPS) is 17.6. The third kappa shape index (κ3) is 5.51. The van der Waals surface area contributed by atoms with Gasteiger partial charge >= 0.3 is 0 Å². The zero-order valence-electron chi connectivity index (χ0n) is 18.3. The van der Waals surface area contributed by atoms with E-state index in [1.807, 2.05) is 35.2 Å². The van der Waals surface area contributed by atoms with Gasteiger partial charge in [-0.15, -0.1) is 0 Å². The average molecular weight is 466 g/mol. The zero-order valence-corrected chi connectivity index (χ0v) is 19.1. The Morgan fingerprint density at radius 1 is 1.06 bits per heavy atom. The van der Waals surface area contributed by atoms with Gasteiger partial charge in [-0.3, -0.25) is 9.69 Å². The molecule has 1 aliphatic heterocycles. The van der Waals surface area contributed by atoms with Crippen LogP contribution in [0, 0.1) is 11.6 Å². The standard InChI is InChI=1S/C23H29F2N3O3S/c1-3-7-21(18-8-5-4-6-9-18)26-23(29)17(2)27-12-14-28(15-13-27)32(30,31)22-16-19(24)10-11-20(22)25/h4-6,8-11,16-17,21H,3,7,12-15H2,1-2H3,(H,26,29). The number of nitrogens with zero attached hydrogens (tertiary/aromatic N) is 2. The molecular weight excluding hydrogens is 436 g/mol. The van der Waals surface area contributed by atoms with Gasteiger partial charge in [0.2, 0.25) is 15.9 Å². The minimum absolute atomic E-state index is 0.0891. The van der Waals surface area contributed by atoms with Crippen LogP contribution in [-0.4, -0.2) is 55.8 Å². The molecule has 174 valence electrons. The number of hydrogen-bond donors (Lipinski definition) is 1. The summed E-state index contributed by atoms with van der Waals surface area (Å²) in [6, 6.07) is 11.6. The fraction of sp³-hybridized carbons (Fsp3) is 0.435. The summed E-state index contributed by atoms with van der Waals surface area (Å²) in [6.07, 6.45) is 1.73. The molecule has 1 fully saturated rings. The summed E-state index contributed by atoms with van der Waals surface area (Å²) in [5, 5.41) is 3.11. The summed E-state index contributed by atoms with van der Waals surface area (Å²) < 4.78 is 54.2. The number of piperazine rings is 1. The first-order chi connectivity index (χ1) is 15.2. The molecule has 1 saturated heterocycles. The summed E-state index contributed by atoms with van der Waals surface area (Å²) in [6.45, 7) is 4.66. The molecule has 1 amide bonds. The molecule has 2 unspecified atom stereocenters. The molecule has 32 heavy (non-hydrogen) atoms. The molecule has 0 aliphatic carbocycles. The average Bonchev–Trinajstić information content (AvgIpc) is 2.80. The second-order valence-electron chi connectivity index (χ2n) is 7.95. The molecule has 0 saturated carbocycles. The van der Waals surface area contributed by atoms with E-state index in [1.54, 1.807) is 6.92 Å². The number of rotatable bonds is 8. The van der Waals surface area contributed by atoms with Crippen LogP contribution < -0.4 is 5.32 Å². The largest absolute Gasteiger partial charge is 0.348 e. The predicted octanol–water partition coefficient (Wildman–Crippen LogP) is 3.32. The number of carbonyl (C=O) groups excluding carboxylic acids is 1. The van der Waals surface area contributed by atoms with Gasteiger partial charge in [-0.2, -0.15) is 4.31 Å². The highest BCUT2D eigenvalue weighted by atomic mass is 32.2. The molecule has 1 aliphatic rings. The zero-order chi connectivity index (χ0) is 23.3. The molecule has 2 atom stereocenters. The Kier molecular flexibility index (Phi) is 7.97. The van der Waals surface area contributed by atoms with Gasteiger partial charge < -0.3 is 5.32 Å². The molecule has 9 heteroatoms. The van der Waals surface area contributed by atoms with Crippen LogP contribution in [0.1, 0.15) is 38.3 Å². The maximum atomic E-state index is 14.0. The number of amides is 1. The number of carbonyl (C=O) groups is 1. The number of hydrogen-bond acceptors (Lipinski definition) is 4. The molecule has 1 heterocycles. The molecule has 6 nitrogen and oxygen atoms in total. The van der Waals surface area contributed by atoms with Crippen LogP contribution in [-0.2, 0) is 14.8 Å². The smallest absolute Gasteiger partial charge is 0.246 e. The maximum Gasteiger partial charge on any atom is 0.246 e. The third-order valence-corrected chi connectivity index (χ3v) is 7.72. The van der Waals surface area contributed by atoms with Gasteiger partial charge in [0.15, 0.2) is 0 Å². The maximum absolute atomic E-state index is 14.0. The van der Waals surface area contributed by atoms with Gasteiger partial charge in [0, 0.05) is 26.2 Å². The lowest BCUT2D eigenvalue weighted by atomic mass is 10.0. The topological polar surface area (TPSA) is 69.7 Å². The monoisotopic (exact) mass is 465 g/mol. The highest BCUT2D eigenvalue weighted by Crippen LogP contribution is 2.23. The van der Waals surface area contributed by atoms with Gasteiger partial charge in [0.1, 0.15) is 16.5 Å². The van der Waals surface area contributed by atoms with Gasteiger partial charge in [0.25, 0.3) is 0 Å². The van der Waals surface area contributed by atoms with Crippen molar-refractivity contribution < 1.29 is 22.0 Å². The van der Waals surface area contributed by atoms with Gasteiger partial charge in [-0.1, -0.05) is 43.7 Å². The van der Waals surface area contributed by atoms with Crippen molar-refractivity contribution >= 4 is 15.9 Å². The summed E-state index contributed by atoms with van der Waals surface area (Å²) in [5.41, 5.74) is 1.04. The minimum Gasteiger partial charge on any atom is -0.348 e. The van der Waals surface area contributed by atoms with E-state index in [9.17, 15) is 22.0 Å². The van der Waals surface area contributed by atoms with Crippen molar-refractivity contribution in [3.8, 4) is 0 Å². The molecule has 3 rings (SSSR count). The van der Waals surface area contributed by atoms with E-state index in [4.69, 9.17) is 0 Å². The van der Waals surface area contributed by atoms with Crippen LogP contribution in [0.3, 0.4) is 0 Å². The van der Waals surface area contributed by atoms with Crippen molar-refractivity contribution in [1.29, 1.82) is 0 Å². The van der Waals surface area contributed by atoms with Crippen LogP contribution in [0.4, 0.5) is 8.78 Å². The van der Waals surface area contributed by atoms with Gasteiger partial charge in [0.05, 0.1) is 12.1 Å². The first kappa shape index (κ1) is 24.3. The predicted molar refractivity (Wildman–Crippen MR) is 118 cm³/mol. The SMILES string of the molecule is CCCC(NC(=O)C(C)N1CCN(S(=O)(=O)c2cc(F)ccc2F)CC1)c1ccccc1. The number of nitrogens with one attached hydrogen (secondary N) is 1. The summed E-state index contributed by atoms with van der Waals surface area (Å²) >= 11 is 0. The van der Waals surface area contributed by atoms with Crippen molar-refractivity contribution in [3.05, 3.63) is 65.7 Å². The molecule has 0 radical (unpaired) electrons. The molecule has 2 aromatic rings. The van der Waals surface area contributed by atoms with Crippen LogP contribution in [0.25, 0.3) is 0 Å². The Balaban J connectivity index is 1.62. The number of benzene rings is 2. The van der Waals surface area contributed by atoms with Crippen molar-refractivity contribution in [2.75, 3.05) is 26.2 Å². The summed E-state index contributed by atoms with van der Waals surface area (Å²) in [4.78, 5) is 14.1. The Labute approximate surface area is 188 Å². The van der Waals surface area contributed by atoms with Crippen molar-refractivity contribution in [2.24, 2.45) is 0 Å². The fourth-order valence-corrected chi connectivity index (χ4v) is 5.40. The van der Waals surface area contributed by atoms with E-state index in [0.29, 0.717) is 19.2 Å². The molecule has 2 aromatic carbocycles. The van der Waals surface area contributed by atoms with Crippen LogP contribution in [0.5, 0.6) is 0 Å². The second kappa shape index (κ2) is 10.5. The van der Waals surface area contributed by atoms with E-state index >= 15 is 0 Å². The van der Waals surface area contributed by atoms with E-state index in [2.05, 4.69) is 12.2 Å². The minimum atomic E-state index is -4.16.